The van der Waals surface area contributed by atoms with E-state index in [1.54, 1.807) is 14.2 Å². The highest BCUT2D eigenvalue weighted by atomic mass is 31.2. The van der Waals surface area contributed by atoms with Gasteiger partial charge in [-0.1, -0.05) is 54.6 Å². The van der Waals surface area contributed by atoms with E-state index in [1.165, 1.54) is 13.1 Å². The maximum atomic E-state index is 13.5. The van der Waals surface area contributed by atoms with Crippen LogP contribution in [-0.2, 0) is 38.4 Å². The Kier molecular flexibility index (Phi) is 16.3. The number of carbonyl (C=O) groups is 2. The average Bonchev–Trinajstić information content (AvgIpc) is 3.56. The summed E-state index contributed by atoms with van der Waals surface area (Å²) >= 11 is 0. The molecule has 0 bridgehead atoms. The van der Waals surface area contributed by atoms with Gasteiger partial charge in [-0.15, -0.1) is 0 Å². The van der Waals surface area contributed by atoms with Gasteiger partial charge >= 0.3 is 11.7 Å². The van der Waals surface area contributed by atoms with Crippen molar-refractivity contribution in [1.29, 1.82) is 5.26 Å². The zero-order chi connectivity index (χ0) is 43.4. The lowest BCUT2D eigenvalue weighted by Crippen LogP contribution is -2.44. The van der Waals surface area contributed by atoms with Crippen LogP contribution in [0.5, 0.6) is 11.5 Å². The van der Waals surface area contributed by atoms with Crippen LogP contribution in [0.4, 0.5) is 0 Å². The number of nitriles is 1. The number of aromatic nitrogens is 2. The van der Waals surface area contributed by atoms with Gasteiger partial charge in [0, 0.05) is 30.8 Å². The minimum atomic E-state index is -1.98. The van der Waals surface area contributed by atoms with Crippen molar-refractivity contribution in [1.82, 2.24) is 14.2 Å². The van der Waals surface area contributed by atoms with Gasteiger partial charge in [-0.05, 0) is 75.6 Å². The molecular weight excluding hydrogens is 791 g/mol. The zero-order valence-corrected chi connectivity index (χ0v) is 35.8. The fourth-order valence-electron chi connectivity index (χ4n) is 7.12. The Hall–Kier alpha value is -5.20. The van der Waals surface area contributed by atoms with Crippen molar-refractivity contribution < 1.29 is 42.3 Å². The number of esters is 1. The number of Topliss-reactive ketones (excluding diaryl/α,β-unsaturated/α-hetero) is 1. The third kappa shape index (κ3) is 10.9. The molecule has 1 aromatic heterocycles. The SMILES string of the molecule is COc1ccc(C(OC[C@H]2O[C@@H](n3ccc(=O)[nH]c3=O)[C@H](OC(=O)CCC(C)=O)[C@@H]2OP(OCCC#N)N(C(C)C)C(C)C)(c2ccccc2)c2ccc(OC)cc2)cc1. The molecule has 4 aromatic rings. The number of nitrogens with one attached hydrogen (secondary N) is 1. The summed E-state index contributed by atoms with van der Waals surface area (Å²) in [5, 5.41) is 9.42. The normalized spacial score (nSPS) is 18.4. The van der Waals surface area contributed by atoms with E-state index < -0.39 is 55.9 Å². The highest BCUT2D eigenvalue weighted by Crippen LogP contribution is 2.51. The Balaban J connectivity index is 1.70. The van der Waals surface area contributed by atoms with Crippen LogP contribution in [0.1, 0.15) is 76.8 Å². The lowest BCUT2D eigenvalue weighted by molar-refractivity contribution is -0.159. The molecule has 0 radical (unpaired) electrons. The van der Waals surface area contributed by atoms with Crippen LogP contribution >= 0.6 is 8.53 Å². The van der Waals surface area contributed by atoms with E-state index in [9.17, 15) is 24.4 Å². The smallest absolute Gasteiger partial charge is 0.330 e. The number of nitrogens with zero attached hydrogens (tertiary/aromatic N) is 3. The molecule has 0 amide bonds. The van der Waals surface area contributed by atoms with Crippen molar-refractivity contribution in [3.05, 3.63) is 129 Å². The maximum absolute atomic E-state index is 13.5. The predicted octanol–water partition coefficient (Wildman–Crippen LogP) is 6.40. The van der Waals surface area contributed by atoms with Crippen molar-refractivity contribution in [2.75, 3.05) is 27.4 Å². The molecule has 1 saturated heterocycles. The lowest BCUT2D eigenvalue weighted by atomic mass is 9.80. The molecule has 16 heteroatoms. The fraction of sp³-hybridized carbons (Fsp3) is 0.432. The molecule has 2 heterocycles. The summed E-state index contributed by atoms with van der Waals surface area (Å²) in [7, 11) is 1.20. The monoisotopic (exact) mass is 844 g/mol. The van der Waals surface area contributed by atoms with Gasteiger partial charge in [0.1, 0.15) is 35.1 Å². The fourth-order valence-corrected chi connectivity index (χ4v) is 8.88. The van der Waals surface area contributed by atoms with Gasteiger partial charge in [0.05, 0.1) is 46.3 Å². The molecule has 1 aliphatic heterocycles. The van der Waals surface area contributed by atoms with Gasteiger partial charge in [0.15, 0.2) is 12.3 Å². The molecule has 15 nitrogen and oxygen atoms in total. The number of benzene rings is 3. The summed E-state index contributed by atoms with van der Waals surface area (Å²) in [6, 6.07) is 27.7. The van der Waals surface area contributed by atoms with Crippen LogP contribution in [-0.4, -0.2) is 83.8 Å². The molecule has 320 valence electrons. The minimum absolute atomic E-state index is 0.0464. The predicted molar refractivity (Wildman–Crippen MR) is 223 cm³/mol. The number of ketones is 1. The van der Waals surface area contributed by atoms with Gasteiger partial charge < -0.3 is 37.5 Å². The molecule has 3 aromatic carbocycles. The second kappa shape index (κ2) is 21.4. The van der Waals surface area contributed by atoms with Gasteiger partial charge in [-0.25, -0.2) is 9.46 Å². The van der Waals surface area contributed by atoms with E-state index in [0.29, 0.717) is 11.5 Å². The number of ether oxygens (including phenoxy) is 5. The number of methoxy groups -OCH3 is 2. The van der Waals surface area contributed by atoms with Crippen molar-refractivity contribution >= 4 is 20.3 Å². The molecule has 1 N–H and O–H groups in total. The number of hydrogen-bond donors (Lipinski definition) is 1. The summed E-state index contributed by atoms with van der Waals surface area (Å²) in [6.07, 6.45) is -3.85. The molecule has 60 heavy (non-hydrogen) atoms. The highest BCUT2D eigenvalue weighted by Gasteiger charge is 2.53. The Morgan fingerprint density at radius 1 is 0.867 bits per heavy atom. The highest BCUT2D eigenvalue weighted by molar-refractivity contribution is 7.44. The summed E-state index contributed by atoms with van der Waals surface area (Å²) in [5.41, 5.74) is -0.505. The topological polar surface area (TPSA) is 181 Å². The van der Waals surface area contributed by atoms with E-state index >= 15 is 0 Å². The maximum Gasteiger partial charge on any atom is 0.330 e. The quantitative estimate of drug-likeness (QED) is 0.0422. The molecular formula is C44H53N4O11P. The summed E-state index contributed by atoms with van der Waals surface area (Å²) in [6.45, 7) is 9.14. The van der Waals surface area contributed by atoms with E-state index in [1.807, 2.05) is 111 Å². The van der Waals surface area contributed by atoms with E-state index in [0.717, 1.165) is 27.3 Å². The first-order valence-corrected chi connectivity index (χ1v) is 20.8. The summed E-state index contributed by atoms with van der Waals surface area (Å²) < 4.78 is 47.5. The van der Waals surface area contributed by atoms with E-state index in [-0.39, 0.29) is 50.3 Å². The third-order valence-electron chi connectivity index (χ3n) is 9.87. The molecule has 0 saturated carbocycles. The molecule has 1 aliphatic rings. The van der Waals surface area contributed by atoms with E-state index in [2.05, 4.69) is 11.1 Å². The van der Waals surface area contributed by atoms with Crippen LogP contribution in [0.25, 0.3) is 0 Å². The molecule has 1 unspecified atom stereocenters. The largest absolute Gasteiger partial charge is 0.497 e. The first-order chi connectivity index (χ1) is 28.8. The average molecular weight is 845 g/mol. The van der Waals surface area contributed by atoms with Gasteiger partial charge in [-0.3, -0.25) is 19.1 Å². The minimum Gasteiger partial charge on any atom is -0.497 e. The van der Waals surface area contributed by atoms with Crippen molar-refractivity contribution in [2.45, 2.75) is 96.1 Å². The Labute approximate surface area is 351 Å². The van der Waals surface area contributed by atoms with Gasteiger partial charge in [0.2, 0.25) is 0 Å². The summed E-state index contributed by atoms with van der Waals surface area (Å²) in [4.78, 5) is 53.4. The first kappa shape index (κ1) is 45.9. The van der Waals surface area contributed by atoms with Crippen LogP contribution in [0.15, 0.2) is 101 Å². The first-order valence-electron chi connectivity index (χ1n) is 19.7. The van der Waals surface area contributed by atoms with Crippen LogP contribution in [0.2, 0.25) is 0 Å². The third-order valence-corrected chi connectivity index (χ3v) is 12.0. The second-order valence-electron chi connectivity index (χ2n) is 14.7. The van der Waals surface area contributed by atoms with E-state index in [4.69, 9.17) is 32.7 Å². The molecule has 5 rings (SSSR count). The lowest BCUT2D eigenvalue weighted by Gasteiger charge is -2.39. The Bertz CT molecular complexity index is 2120. The number of rotatable bonds is 21. The molecule has 1 fully saturated rings. The van der Waals surface area contributed by atoms with Crippen LogP contribution in [0, 0.1) is 11.3 Å². The van der Waals surface area contributed by atoms with Crippen molar-refractivity contribution in [3.8, 4) is 17.6 Å². The number of carbonyl (C=O) groups excluding carboxylic acids is 2. The van der Waals surface area contributed by atoms with Gasteiger partial charge in [-0.2, -0.15) is 5.26 Å². The molecule has 5 atom stereocenters. The Morgan fingerprint density at radius 3 is 1.97 bits per heavy atom. The second-order valence-corrected chi connectivity index (χ2v) is 16.1. The van der Waals surface area contributed by atoms with Crippen molar-refractivity contribution in [3.63, 3.8) is 0 Å². The zero-order valence-electron chi connectivity index (χ0n) is 34.9. The summed E-state index contributed by atoms with van der Waals surface area (Å²) in [5.74, 6) is 0.328. The van der Waals surface area contributed by atoms with Crippen molar-refractivity contribution in [2.24, 2.45) is 0 Å². The number of H-pyrrole nitrogens is 1. The molecule has 0 spiro atoms. The van der Waals surface area contributed by atoms with Gasteiger partial charge in [0.25, 0.3) is 14.1 Å². The standard InChI is InChI=1S/C44H53N4O11P/c1-29(2)48(30(3)4)60(56-27-11-25-45)59-40-37(57-42(47-26-24-38(50)46-43(47)52)41(40)58-39(51)23-14-31(5)49)28-55-44(32-12-9-8-10-13-32,33-15-19-35(53-6)20-16-33)34-17-21-36(54-7)22-18-34/h8-10,12-13,15-22,24,26,29-30,37,40-42H,11,14,23,27-28H2,1-7H3,(H,46,50,52)/t37-,40-,41-,42-,60?/m1/s1. The number of hydrogen-bond acceptors (Lipinski definition) is 13. The van der Waals surface area contributed by atoms with Crippen LogP contribution < -0.4 is 20.7 Å². The Morgan fingerprint density at radius 2 is 1.45 bits per heavy atom. The molecule has 0 aliphatic carbocycles. The van der Waals surface area contributed by atoms with Crippen LogP contribution in [0.3, 0.4) is 0 Å². The number of aromatic amines is 1.